The molecule has 0 aliphatic carbocycles. The van der Waals surface area contributed by atoms with Gasteiger partial charge in [0.25, 0.3) is 0 Å². The van der Waals surface area contributed by atoms with Gasteiger partial charge in [0.05, 0.1) is 6.04 Å². The standard InChI is InChI=1S/C12H20N2O4/c1-7(15)17-10-3-4-14-6-9(13)5-11(12(10)14)18-8(2)16/h9-12H,3-6,13H2,1-2H3. The minimum atomic E-state index is -0.317. The van der Waals surface area contributed by atoms with Crippen molar-refractivity contribution in [3.05, 3.63) is 0 Å². The first-order valence-electron chi connectivity index (χ1n) is 6.31. The van der Waals surface area contributed by atoms with E-state index in [0.717, 1.165) is 19.5 Å². The minimum absolute atomic E-state index is 0.00155. The summed E-state index contributed by atoms with van der Waals surface area (Å²) in [5, 5.41) is 0. The van der Waals surface area contributed by atoms with Crippen molar-refractivity contribution in [2.75, 3.05) is 13.1 Å². The molecule has 0 amide bonds. The molecule has 6 heteroatoms. The Morgan fingerprint density at radius 1 is 1.17 bits per heavy atom. The van der Waals surface area contributed by atoms with E-state index >= 15 is 0 Å². The van der Waals surface area contributed by atoms with E-state index in [4.69, 9.17) is 15.2 Å². The number of esters is 2. The zero-order valence-corrected chi connectivity index (χ0v) is 10.8. The topological polar surface area (TPSA) is 81.9 Å². The lowest BCUT2D eigenvalue weighted by Crippen LogP contribution is -2.57. The summed E-state index contributed by atoms with van der Waals surface area (Å²) in [5.74, 6) is -0.610. The Bertz CT molecular complexity index is 347. The van der Waals surface area contributed by atoms with Gasteiger partial charge in [-0.1, -0.05) is 0 Å². The highest BCUT2D eigenvalue weighted by atomic mass is 16.6. The highest BCUT2D eigenvalue weighted by molar-refractivity contribution is 5.67. The lowest BCUT2D eigenvalue weighted by atomic mass is 9.94. The molecular formula is C12H20N2O4. The summed E-state index contributed by atoms with van der Waals surface area (Å²) in [6.45, 7) is 4.38. The molecule has 2 aliphatic heterocycles. The summed E-state index contributed by atoms with van der Waals surface area (Å²) in [6.07, 6.45) is 0.921. The van der Waals surface area contributed by atoms with Crippen LogP contribution in [0.2, 0.25) is 0 Å². The van der Waals surface area contributed by atoms with Gasteiger partial charge < -0.3 is 15.2 Å². The number of ether oxygens (including phenoxy) is 2. The summed E-state index contributed by atoms with van der Waals surface area (Å²) in [5.41, 5.74) is 5.96. The van der Waals surface area contributed by atoms with E-state index in [0.29, 0.717) is 6.42 Å². The molecule has 6 nitrogen and oxygen atoms in total. The summed E-state index contributed by atoms with van der Waals surface area (Å²) in [6, 6.07) is -0.0423. The normalized spacial score (nSPS) is 35.9. The van der Waals surface area contributed by atoms with Gasteiger partial charge in [0.2, 0.25) is 0 Å². The van der Waals surface area contributed by atoms with Gasteiger partial charge in [-0.25, -0.2) is 0 Å². The molecule has 2 N–H and O–H groups in total. The Kier molecular flexibility index (Phi) is 3.87. The van der Waals surface area contributed by atoms with Crippen molar-refractivity contribution in [2.45, 2.75) is 51.0 Å². The van der Waals surface area contributed by atoms with E-state index in [2.05, 4.69) is 4.90 Å². The number of carbonyl (C=O) groups excluding carboxylic acids is 2. The molecule has 0 spiro atoms. The van der Waals surface area contributed by atoms with Gasteiger partial charge in [0, 0.05) is 39.4 Å². The molecular weight excluding hydrogens is 236 g/mol. The molecule has 0 aromatic carbocycles. The predicted octanol–water partition coefficient (Wildman–Crippen LogP) is -0.345. The minimum Gasteiger partial charge on any atom is -0.461 e. The first-order valence-corrected chi connectivity index (χ1v) is 6.31. The van der Waals surface area contributed by atoms with E-state index in [-0.39, 0.29) is 36.2 Å². The van der Waals surface area contributed by atoms with Crippen LogP contribution in [-0.4, -0.2) is 54.2 Å². The third kappa shape index (κ3) is 2.81. The quantitative estimate of drug-likeness (QED) is 0.680. The Balaban J connectivity index is 2.10. The average molecular weight is 256 g/mol. The fourth-order valence-electron chi connectivity index (χ4n) is 3.02. The second kappa shape index (κ2) is 5.24. The fourth-order valence-corrected chi connectivity index (χ4v) is 3.02. The number of fused-ring (bicyclic) bond motifs is 1. The maximum Gasteiger partial charge on any atom is 0.302 e. The molecule has 2 fully saturated rings. The van der Waals surface area contributed by atoms with Crippen molar-refractivity contribution in [1.29, 1.82) is 0 Å². The van der Waals surface area contributed by atoms with Crippen LogP contribution in [0, 0.1) is 0 Å². The number of nitrogens with zero attached hydrogens (tertiary/aromatic N) is 1. The first-order chi connectivity index (χ1) is 8.47. The van der Waals surface area contributed by atoms with Crippen molar-refractivity contribution in [3.63, 3.8) is 0 Å². The van der Waals surface area contributed by atoms with Crippen LogP contribution in [-0.2, 0) is 19.1 Å². The molecule has 0 saturated carbocycles. The highest BCUT2D eigenvalue weighted by Gasteiger charge is 2.46. The van der Waals surface area contributed by atoms with E-state index < -0.39 is 0 Å². The summed E-state index contributed by atoms with van der Waals surface area (Å²) < 4.78 is 10.7. The smallest absolute Gasteiger partial charge is 0.302 e. The van der Waals surface area contributed by atoms with Crippen LogP contribution in [0.25, 0.3) is 0 Å². The summed E-state index contributed by atoms with van der Waals surface area (Å²) >= 11 is 0. The second-order valence-electron chi connectivity index (χ2n) is 5.07. The predicted molar refractivity (Wildman–Crippen MR) is 63.7 cm³/mol. The fraction of sp³-hybridized carbons (Fsp3) is 0.833. The molecule has 2 heterocycles. The highest BCUT2D eigenvalue weighted by Crippen LogP contribution is 2.31. The number of carbonyl (C=O) groups is 2. The zero-order chi connectivity index (χ0) is 13.3. The Hall–Kier alpha value is -1.14. The largest absolute Gasteiger partial charge is 0.461 e. The van der Waals surface area contributed by atoms with Crippen LogP contribution in [0.1, 0.15) is 26.7 Å². The number of piperidine rings is 1. The van der Waals surface area contributed by atoms with Gasteiger partial charge in [0.15, 0.2) is 0 Å². The number of rotatable bonds is 2. The first kappa shape index (κ1) is 13.3. The molecule has 4 unspecified atom stereocenters. The van der Waals surface area contributed by atoms with Gasteiger partial charge in [0.1, 0.15) is 12.2 Å². The monoisotopic (exact) mass is 256 g/mol. The van der Waals surface area contributed by atoms with E-state index in [1.54, 1.807) is 0 Å². The van der Waals surface area contributed by atoms with Gasteiger partial charge >= 0.3 is 11.9 Å². The SMILES string of the molecule is CC(=O)OC1CCN2CC(N)CC(OC(C)=O)C12. The van der Waals surface area contributed by atoms with Crippen molar-refractivity contribution in [1.82, 2.24) is 4.90 Å². The third-order valence-corrected chi connectivity index (χ3v) is 3.52. The third-order valence-electron chi connectivity index (χ3n) is 3.52. The molecule has 4 atom stereocenters. The van der Waals surface area contributed by atoms with Gasteiger partial charge in [-0.3, -0.25) is 14.5 Å². The molecule has 2 rings (SSSR count). The van der Waals surface area contributed by atoms with Crippen molar-refractivity contribution in [3.8, 4) is 0 Å². The lowest BCUT2D eigenvalue weighted by molar-refractivity contribution is -0.159. The molecule has 2 saturated heterocycles. The van der Waals surface area contributed by atoms with Gasteiger partial charge in [-0.05, 0) is 6.42 Å². The van der Waals surface area contributed by atoms with Crippen LogP contribution in [0.5, 0.6) is 0 Å². The van der Waals surface area contributed by atoms with E-state index in [1.165, 1.54) is 13.8 Å². The Morgan fingerprint density at radius 3 is 2.39 bits per heavy atom. The van der Waals surface area contributed by atoms with Crippen molar-refractivity contribution < 1.29 is 19.1 Å². The van der Waals surface area contributed by atoms with Crippen LogP contribution >= 0.6 is 0 Å². The summed E-state index contributed by atoms with van der Waals surface area (Å²) in [4.78, 5) is 24.4. The summed E-state index contributed by atoms with van der Waals surface area (Å²) in [7, 11) is 0. The zero-order valence-electron chi connectivity index (χ0n) is 10.8. The van der Waals surface area contributed by atoms with E-state index in [9.17, 15) is 9.59 Å². The van der Waals surface area contributed by atoms with Crippen molar-refractivity contribution >= 4 is 11.9 Å². The lowest BCUT2D eigenvalue weighted by Gasteiger charge is -2.40. The molecule has 102 valence electrons. The van der Waals surface area contributed by atoms with Crippen LogP contribution in [0.4, 0.5) is 0 Å². The molecule has 0 radical (unpaired) electrons. The van der Waals surface area contributed by atoms with Crippen LogP contribution in [0.15, 0.2) is 0 Å². The Morgan fingerprint density at radius 2 is 1.78 bits per heavy atom. The second-order valence-corrected chi connectivity index (χ2v) is 5.07. The van der Waals surface area contributed by atoms with Crippen molar-refractivity contribution in [2.24, 2.45) is 5.73 Å². The number of hydrogen-bond acceptors (Lipinski definition) is 6. The maximum absolute atomic E-state index is 11.1. The molecule has 0 bridgehead atoms. The molecule has 2 aliphatic rings. The molecule has 18 heavy (non-hydrogen) atoms. The number of nitrogens with two attached hydrogens (primary N) is 1. The van der Waals surface area contributed by atoms with Crippen LogP contribution < -0.4 is 5.73 Å². The van der Waals surface area contributed by atoms with Gasteiger partial charge in [-0.15, -0.1) is 0 Å². The molecule has 0 aromatic heterocycles. The Labute approximate surface area is 106 Å². The molecule has 0 aromatic rings. The van der Waals surface area contributed by atoms with Gasteiger partial charge in [-0.2, -0.15) is 0 Å². The average Bonchev–Trinajstić information content (AvgIpc) is 2.59. The maximum atomic E-state index is 11.1. The number of hydrogen-bond donors (Lipinski definition) is 1. The van der Waals surface area contributed by atoms with E-state index in [1.807, 2.05) is 0 Å². The van der Waals surface area contributed by atoms with Crippen LogP contribution in [0.3, 0.4) is 0 Å².